The van der Waals surface area contributed by atoms with E-state index in [0.29, 0.717) is 6.04 Å². The average Bonchev–Trinajstić information content (AvgIpc) is 2.92. The number of aliphatic hydroxyl groups is 1. The topological polar surface area (TPSA) is 35.5 Å². The van der Waals surface area contributed by atoms with E-state index in [-0.39, 0.29) is 12.1 Å². The standard InChI is InChI=1S/C14H28N2O/c1-14(11-17,15-13-7-8-13)10-16(2)9-12-5-3-4-6-12/h12-13,15,17H,3-11H2,1-2H3. The van der Waals surface area contributed by atoms with Crippen LogP contribution in [0.2, 0.25) is 0 Å². The Morgan fingerprint density at radius 2 is 1.88 bits per heavy atom. The summed E-state index contributed by atoms with van der Waals surface area (Å²) in [6, 6.07) is 0.659. The van der Waals surface area contributed by atoms with E-state index in [1.807, 2.05) is 0 Å². The molecule has 0 amide bonds. The summed E-state index contributed by atoms with van der Waals surface area (Å²) in [5.74, 6) is 0.892. The highest BCUT2D eigenvalue weighted by molar-refractivity contribution is 4.94. The van der Waals surface area contributed by atoms with Crippen LogP contribution in [0.3, 0.4) is 0 Å². The largest absolute Gasteiger partial charge is 0.394 e. The maximum atomic E-state index is 9.58. The van der Waals surface area contributed by atoms with E-state index >= 15 is 0 Å². The molecule has 2 rings (SSSR count). The molecule has 0 saturated heterocycles. The van der Waals surface area contributed by atoms with Gasteiger partial charge in [-0.15, -0.1) is 0 Å². The summed E-state index contributed by atoms with van der Waals surface area (Å²) in [5.41, 5.74) is -0.117. The molecule has 0 aromatic rings. The SMILES string of the molecule is CN(CC1CCCC1)CC(C)(CO)NC1CC1. The Balaban J connectivity index is 1.75. The number of hydrogen-bond donors (Lipinski definition) is 2. The molecular weight excluding hydrogens is 212 g/mol. The minimum atomic E-state index is -0.117. The van der Waals surface area contributed by atoms with Crippen molar-refractivity contribution in [3.05, 3.63) is 0 Å². The molecule has 0 bridgehead atoms. The quantitative estimate of drug-likeness (QED) is 0.710. The van der Waals surface area contributed by atoms with Crippen LogP contribution in [0.1, 0.15) is 45.4 Å². The maximum absolute atomic E-state index is 9.58. The minimum absolute atomic E-state index is 0.117. The van der Waals surface area contributed by atoms with Gasteiger partial charge in [0.2, 0.25) is 0 Å². The van der Waals surface area contributed by atoms with Crippen LogP contribution >= 0.6 is 0 Å². The predicted molar refractivity (Wildman–Crippen MR) is 71.1 cm³/mol. The third kappa shape index (κ3) is 4.23. The summed E-state index contributed by atoms with van der Waals surface area (Å²) in [4.78, 5) is 2.40. The van der Waals surface area contributed by atoms with Crippen molar-refractivity contribution in [2.75, 3.05) is 26.7 Å². The van der Waals surface area contributed by atoms with E-state index in [9.17, 15) is 5.11 Å². The van der Waals surface area contributed by atoms with E-state index in [0.717, 1.165) is 12.5 Å². The molecule has 2 aliphatic rings. The Hall–Kier alpha value is -0.120. The van der Waals surface area contributed by atoms with Gasteiger partial charge in [0.15, 0.2) is 0 Å². The summed E-state index contributed by atoms with van der Waals surface area (Å²) >= 11 is 0. The second-order valence-corrected chi connectivity index (χ2v) is 6.48. The van der Waals surface area contributed by atoms with Crippen molar-refractivity contribution in [2.45, 2.75) is 57.0 Å². The molecule has 2 N–H and O–H groups in total. The highest BCUT2D eigenvalue weighted by Crippen LogP contribution is 2.26. The lowest BCUT2D eigenvalue weighted by molar-refractivity contribution is 0.123. The summed E-state index contributed by atoms with van der Waals surface area (Å²) < 4.78 is 0. The molecular formula is C14H28N2O. The molecule has 1 unspecified atom stereocenters. The van der Waals surface area contributed by atoms with Crippen LogP contribution < -0.4 is 5.32 Å². The molecule has 0 aliphatic heterocycles. The fraction of sp³-hybridized carbons (Fsp3) is 1.00. The Kier molecular flexibility index (Phi) is 4.45. The molecule has 2 aliphatic carbocycles. The van der Waals surface area contributed by atoms with Crippen LogP contribution in [-0.2, 0) is 0 Å². The van der Waals surface area contributed by atoms with Crippen molar-refractivity contribution < 1.29 is 5.11 Å². The van der Waals surface area contributed by atoms with Crippen molar-refractivity contribution in [1.82, 2.24) is 10.2 Å². The molecule has 100 valence electrons. The van der Waals surface area contributed by atoms with Gasteiger partial charge in [0.25, 0.3) is 0 Å². The van der Waals surface area contributed by atoms with Gasteiger partial charge in [-0.3, -0.25) is 0 Å². The lowest BCUT2D eigenvalue weighted by Crippen LogP contribution is -2.54. The molecule has 1 atom stereocenters. The van der Waals surface area contributed by atoms with E-state index in [4.69, 9.17) is 0 Å². The number of nitrogens with zero attached hydrogens (tertiary/aromatic N) is 1. The van der Waals surface area contributed by atoms with Gasteiger partial charge in [-0.25, -0.2) is 0 Å². The summed E-state index contributed by atoms with van der Waals surface area (Å²) in [6.07, 6.45) is 8.18. The molecule has 3 nitrogen and oxygen atoms in total. The minimum Gasteiger partial charge on any atom is -0.394 e. The second kappa shape index (κ2) is 5.68. The van der Waals surface area contributed by atoms with Gasteiger partial charge in [-0.2, -0.15) is 0 Å². The third-order valence-corrected chi connectivity index (χ3v) is 4.14. The zero-order chi connectivity index (χ0) is 12.3. The number of aliphatic hydroxyl groups excluding tert-OH is 1. The molecule has 0 spiro atoms. The van der Waals surface area contributed by atoms with Gasteiger partial charge in [0.1, 0.15) is 0 Å². The first-order valence-electron chi connectivity index (χ1n) is 7.18. The fourth-order valence-electron chi connectivity index (χ4n) is 3.16. The monoisotopic (exact) mass is 240 g/mol. The van der Waals surface area contributed by atoms with Gasteiger partial charge in [0.05, 0.1) is 12.1 Å². The van der Waals surface area contributed by atoms with Crippen LogP contribution in [0.4, 0.5) is 0 Å². The Morgan fingerprint density at radius 3 is 2.41 bits per heavy atom. The molecule has 2 saturated carbocycles. The number of hydrogen-bond acceptors (Lipinski definition) is 3. The van der Waals surface area contributed by atoms with Crippen LogP contribution in [0.5, 0.6) is 0 Å². The van der Waals surface area contributed by atoms with Gasteiger partial charge >= 0.3 is 0 Å². The summed E-state index contributed by atoms with van der Waals surface area (Å²) in [6.45, 7) is 4.54. The lowest BCUT2D eigenvalue weighted by atomic mass is 10.0. The van der Waals surface area contributed by atoms with Crippen molar-refractivity contribution in [2.24, 2.45) is 5.92 Å². The lowest BCUT2D eigenvalue weighted by Gasteiger charge is -2.34. The zero-order valence-electron chi connectivity index (χ0n) is 11.4. The van der Waals surface area contributed by atoms with Gasteiger partial charge in [-0.1, -0.05) is 12.8 Å². The Bertz CT molecular complexity index is 236. The number of likely N-dealkylation sites (N-methyl/N-ethyl adjacent to an activating group) is 1. The molecule has 0 heterocycles. The first kappa shape index (κ1) is 13.3. The number of rotatable bonds is 7. The maximum Gasteiger partial charge on any atom is 0.0623 e. The second-order valence-electron chi connectivity index (χ2n) is 6.48. The van der Waals surface area contributed by atoms with Crippen LogP contribution in [0.15, 0.2) is 0 Å². The number of nitrogens with one attached hydrogen (secondary N) is 1. The van der Waals surface area contributed by atoms with Gasteiger partial charge in [0, 0.05) is 19.1 Å². The van der Waals surface area contributed by atoms with Crippen LogP contribution in [0, 0.1) is 5.92 Å². The molecule has 0 aromatic carbocycles. The van der Waals surface area contributed by atoms with Gasteiger partial charge < -0.3 is 15.3 Å². The first-order valence-corrected chi connectivity index (χ1v) is 7.18. The van der Waals surface area contributed by atoms with Crippen molar-refractivity contribution in [3.63, 3.8) is 0 Å². The van der Waals surface area contributed by atoms with Crippen LogP contribution in [-0.4, -0.2) is 48.3 Å². The van der Waals surface area contributed by atoms with E-state index in [2.05, 4.69) is 24.2 Å². The van der Waals surface area contributed by atoms with E-state index in [1.165, 1.54) is 45.1 Å². The van der Waals surface area contributed by atoms with Crippen molar-refractivity contribution in [1.29, 1.82) is 0 Å². The van der Waals surface area contributed by atoms with E-state index in [1.54, 1.807) is 0 Å². The molecule has 0 radical (unpaired) electrons. The predicted octanol–water partition coefficient (Wildman–Crippen LogP) is 1.61. The smallest absolute Gasteiger partial charge is 0.0623 e. The highest BCUT2D eigenvalue weighted by atomic mass is 16.3. The normalized spacial score (nSPS) is 25.4. The first-order chi connectivity index (χ1) is 8.11. The van der Waals surface area contributed by atoms with Crippen molar-refractivity contribution >= 4 is 0 Å². The molecule has 17 heavy (non-hydrogen) atoms. The van der Waals surface area contributed by atoms with Crippen molar-refractivity contribution in [3.8, 4) is 0 Å². The average molecular weight is 240 g/mol. The fourth-order valence-corrected chi connectivity index (χ4v) is 3.16. The molecule has 2 fully saturated rings. The summed E-state index contributed by atoms with van der Waals surface area (Å²) in [7, 11) is 2.20. The molecule has 0 aromatic heterocycles. The van der Waals surface area contributed by atoms with E-state index < -0.39 is 0 Å². The van der Waals surface area contributed by atoms with Crippen LogP contribution in [0.25, 0.3) is 0 Å². The highest BCUT2D eigenvalue weighted by Gasteiger charge is 2.33. The summed E-state index contributed by atoms with van der Waals surface area (Å²) in [5, 5.41) is 13.2. The third-order valence-electron chi connectivity index (χ3n) is 4.14. The molecule has 3 heteroatoms. The van der Waals surface area contributed by atoms with Gasteiger partial charge in [-0.05, 0) is 45.6 Å². The Morgan fingerprint density at radius 1 is 1.24 bits per heavy atom. The Labute approximate surface area is 106 Å². The zero-order valence-corrected chi connectivity index (χ0v) is 11.4.